The van der Waals surface area contributed by atoms with Crippen LogP contribution in [-0.4, -0.2) is 67.5 Å². The zero-order valence-corrected chi connectivity index (χ0v) is 19.8. The molecule has 34 heavy (non-hydrogen) atoms. The predicted molar refractivity (Wildman–Crippen MR) is 128 cm³/mol. The summed E-state index contributed by atoms with van der Waals surface area (Å²) < 4.78 is 33.6. The smallest absolute Gasteiger partial charge is 0.409 e. The van der Waals surface area contributed by atoms with Crippen molar-refractivity contribution in [1.82, 2.24) is 14.8 Å². The van der Waals surface area contributed by atoms with Crippen LogP contribution in [0.25, 0.3) is 10.9 Å². The van der Waals surface area contributed by atoms with E-state index in [1.165, 1.54) is 6.07 Å². The molecule has 178 valence electrons. The van der Waals surface area contributed by atoms with Gasteiger partial charge < -0.3 is 14.5 Å². The fraction of sp³-hybridized carbons (Fsp3) is 0.292. The maximum Gasteiger partial charge on any atom is 0.409 e. The largest absolute Gasteiger partial charge is 0.450 e. The van der Waals surface area contributed by atoms with Crippen LogP contribution in [-0.2, 0) is 14.8 Å². The Morgan fingerprint density at radius 3 is 2.53 bits per heavy atom. The Kier molecular flexibility index (Phi) is 6.69. The lowest BCUT2D eigenvalue weighted by molar-refractivity contribution is 0.0423. The molecule has 9 nitrogen and oxygen atoms in total. The first-order valence-corrected chi connectivity index (χ1v) is 12.5. The maximum absolute atomic E-state index is 13.0. The molecular formula is C24H26N4O5S. The van der Waals surface area contributed by atoms with Gasteiger partial charge in [0.2, 0.25) is 0 Å². The van der Waals surface area contributed by atoms with Crippen molar-refractivity contribution in [3.8, 4) is 0 Å². The van der Waals surface area contributed by atoms with E-state index in [0.29, 0.717) is 43.0 Å². The van der Waals surface area contributed by atoms with E-state index in [0.717, 1.165) is 5.39 Å². The van der Waals surface area contributed by atoms with Crippen LogP contribution in [0.5, 0.6) is 0 Å². The Bertz CT molecular complexity index is 1310. The molecule has 0 radical (unpaired) electrons. The van der Waals surface area contributed by atoms with E-state index in [9.17, 15) is 18.0 Å². The van der Waals surface area contributed by atoms with Crippen LogP contribution in [0.3, 0.4) is 0 Å². The Morgan fingerprint density at radius 1 is 1.09 bits per heavy atom. The van der Waals surface area contributed by atoms with Gasteiger partial charge in [0.1, 0.15) is 4.90 Å². The average molecular weight is 483 g/mol. The van der Waals surface area contributed by atoms with E-state index in [4.69, 9.17) is 4.74 Å². The molecule has 0 bridgehead atoms. The number of fused-ring (bicyclic) bond motifs is 1. The highest BCUT2D eigenvalue weighted by atomic mass is 32.2. The van der Waals surface area contributed by atoms with Crippen LogP contribution in [0.1, 0.15) is 24.2 Å². The lowest BCUT2D eigenvalue weighted by Gasteiger charge is -2.39. The first kappa shape index (κ1) is 23.5. The van der Waals surface area contributed by atoms with Gasteiger partial charge >= 0.3 is 6.09 Å². The van der Waals surface area contributed by atoms with Gasteiger partial charge in [0, 0.05) is 48.5 Å². The van der Waals surface area contributed by atoms with Gasteiger partial charge in [-0.3, -0.25) is 14.5 Å². The predicted octanol–water partition coefficient (Wildman–Crippen LogP) is 3.34. The zero-order chi connectivity index (χ0) is 24.3. The molecule has 3 aromatic rings. The van der Waals surface area contributed by atoms with E-state index < -0.39 is 10.0 Å². The molecule has 0 unspecified atom stereocenters. The molecule has 1 saturated heterocycles. The highest BCUT2D eigenvalue weighted by Crippen LogP contribution is 2.24. The summed E-state index contributed by atoms with van der Waals surface area (Å²) in [5.74, 6) is -0.177. The topological polar surface area (TPSA) is 109 Å². The number of nitrogens with one attached hydrogen (secondary N) is 1. The molecule has 1 atom stereocenters. The number of ether oxygens (including phenoxy) is 1. The van der Waals surface area contributed by atoms with Gasteiger partial charge in [0.15, 0.2) is 0 Å². The first-order chi connectivity index (χ1) is 16.3. The summed E-state index contributed by atoms with van der Waals surface area (Å²) in [5, 5.41) is 0.725. The number of anilines is 1. The number of piperazine rings is 1. The minimum Gasteiger partial charge on any atom is -0.450 e. The van der Waals surface area contributed by atoms with Crippen LogP contribution in [0.2, 0.25) is 0 Å². The second-order valence-corrected chi connectivity index (χ2v) is 9.66. The zero-order valence-electron chi connectivity index (χ0n) is 19.0. The minimum atomic E-state index is -3.88. The summed E-state index contributed by atoms with van der Waals surface area (Å²) >= 11 is 0. The number of aromatic nitrogens is 1. The Labute approximate surface area is 198 Å². The third kappa shape index (κ3) is 4.81. The van der Waals surface area contributed by atoms with Gasteiger partial charge in [-0.25, -0.2) is 13.2 Å². The van der Waals surface area contributed by atoms with E-state index in [1.54, 1.807) is 71.5 Å². The van der Waals surface area contributed by atoms with E-state index in [1.807, 2.05) is 6.92 Å². The number of benzene rings is 2. The molecule has 2 heterocycles. The van der Waals surface area contributed by atoms with Gasteiger partial charge in [-0.1, -0.05) is 18.2 Å². The maximum atomic E-state index is 13.0. The Hall–Kier alpha value is -3.66. The number of carbonyl (C=O) groups excluding carboxylic acids is 2. The molecule has 1 aromatic heterocycles. The third-order valence-corrected chi connectivity index (χ3v) is 7.10. The third-order valence-electron chi connectivity index (χ3n) is 5.68. The number of rotatable bonds is 5. The van der Waals surface area contributed by atoms with Crippen molar-refractivity contribution in [2.45, 2.75) is 24.8 Å². The Morgan fingerprint density at radius 2 is 1.82 bits per heavy atom. The second-order valence-electron chi connectivity index (χ2n) is 8.01. The number of hydrogen-bond donors (Lipinski definition) is 1. The molecule has 4 rings (SSSR count). The monoisotopic (exact) mass is 482 g/mol. The van der Waals surface area contributed by atoms with Crippen molar-refractivity contribution in [2.75, 3.05) is 31.0 Å². The molecular weight excluding hydrogens is 456 g/mol. The van der Waals surface area contributed by atoms with Crippen LogP contribution in [0, 0.1) is 0 Å². The number of para-hydroxylation sites is 1. The van der Waals surface area contributed by atoms with E-state index in [2.05, 4.69) is 9.71 Å². The normalized spacial score (nSPS) is 16.4. The van der Waals surface area contributed by atoms with E-state index >= 15 is 0 Å². The summed E-state index contributed by atoms with van der Waals surface area (Å²) in [6, 6.07) is 14.6. The van der Waals surface area contributed by atoms with Crippen molar-refractivity contribution in [3.05, 3.63) is 66.4 Å². The van der Waals surface area contributed by atoms with Gasteiger partial charge in [-0.2, -0.15) is 0 Å². The fourth-order valence-electron chi connectivity index (χ4n) is 3.99. The van der Waals surface area contributed by atoms with Crippen LogP contribution < -0.4 is 4.72 Å². The standard InChI is InChI=1S/C24H26N4O5S/c1-3-33-24(30)27-14-15-28(17(2)16-27)23(29)19-9-11-20(12-10-19)26-34(31,32)21-8-4-6-18-7-5-13-25-22(18)21/h4-13,17,26H,3,14-16H2,1-2H3/t17-/m0/s1. The van der Waals surface area contributed by atoms with Crippen LogP contribution >= 0.6 is 0 Å². The van der Waals surface area contributed by atoms with Crippen molar-refractivity contribution >= 4 is 38.6 Å². The number of hydrogen-bond acceptors (Lipinski definition) is 6. The minimum absolute atomic E-state index is 0.0825. The average Bonchev–Trinajstić information content (AvgIpc) is 2.83. The fourth-order valence-corrected chi connectivity index (χ4v) is 5.23. The second kappa shape index (κ2) is 9.68. The van der Waals surface area contributed by atoms with Crippen LogP contribution in [0.4, 0.5) is 10.5 Å². The molecule has 0 aliphatic carbocycles. The van der Waals surface area contributed by atoms with Gasteiger partial charge in [0.05, 0.1) is 12.1 Å². The van der Waals surface area contributed by atoms with Crippen molar-refractivity contribution in [3.63, 3.8) is 0 Å². The summed E-state index contributed by atoms with van der Waals surface area (Å²) in [6.45, 7) is 5.11. The van der Waals surface area contributed by atoms with Crippen molar-refractivity contribution < 1.29 is 22.7 Å². The number of nitrogens with zero attached hydrogens (tertiary/aromatic N) is 3. The number of pyridine rings is 1. The quantitative estimate of drug-likeness (QED) is 0.598. The van der Waals surface area contributed by atoms with Gasteiger partial charge in [-0.05, 0) is 50.2 Å². The molecule has 1 aliphatic heterocycles. The molecule has 2 amide bonds. The van der Waals surface area contributed by atoms with E-state index in [-0.39, 0.29) is 22.9 Å². The van der Waals surface area contributed by atoms with Gasteiger partial charge in [0.25, 0.3) is 15.9 Å². The number of carbonyl (C=O) groups is 2. The molecule has 10 heteroatoms. The number of amides is 2. The lowest BCUT2D eigenvalue weighted by atomic mass is 10.1. The number of sulfonamides is 1. The summed E-state index contributed by atoms with van der Waals surface area (Å²) in [6.07, 6.45) is 1.18. The van der Waals surface area contributed by atoms with Crippen molar-refractivity contribution in [2.24, 2.45) is 0 Å². The molecule has 1 N–H and O–H groups in total. The summed E-state index contributed by atoms with van der Waals surface area (Å²) in [7, 11) is -3.88. The highest BCUT2D eigenvalue weighted by molar-refractivity contribution is 7.93. The lowest BCUT2D eigenvalue weighted by Crippen LogP contribution is -2.55. The van der Waals surface area contributed by atoms with Crippen molar-refractivity contribution in [1.29, 1.82) is 0 Å². The summed E-state index contributed by atoms with van der Waals surface area (Å²) in [5.41, 5.74) is 1.16. The van der Waals surface area contributed by atoms with Crippen LogP contribution in [0.15, 0.2) is 65.7 Å². The van der Waals surface area contributed by atoms with Gasteiger partial charge in [-0.15, -0.1) is 0 Å². The first-order valence-electron chi connectivity index (χ1n) is 11.0. The molecule has 0 spiro atoms. The summed E-state index contributed by atoms with van der Waals surface area (Å²) in [4.78, 5) is 32.6. The molecule has 2 aromatic carbocycles. The molecule has 1 fully saturated rings. The molecule has 0 saturated carbocycles. The molecule has 1 aliphatic rings. The highest BCUT2D eigenvalue weighted by Gasteiger charge is 2.31. The SMILES string of the molecule is CCOC(=O)N1CCN(C(=O)c2ccc(NS(=O)(=O)c3cccc4cccnc34)cc2)[C@@H](C)C1. The Balaban J connectivity index is 1.46.